The Hall–Kier alpha value is -2.23. The number of likely N-dealkylation sites (N-methyl/N-ethyl adjacent to an activating group) is 1. The molecule has 9 heteroatoms. The van der Waals surface area contributed by atoms with Crippen molar-refractivity contribution < 1.29 is 27.9 Å². The van der Waals surface area contributed by atoms with Gasteiger partial charge in [-0.2, -0.15) is 0 Å². The summed E-state index contributed by atoms with van der Waals surface area (Å²) in [6.45, 7) is 7.07. The van der Waals surface area contributed by atoms with Crippen molar-refractivity contribution in [2.75, 3.05) is 32.1 Å². The van der Waals surface area contributed by atoms with Crippen LogP contribution in [0.5, 0.6) is 0 Å². The van der Waals surface area contributed by atoms with Crippen LogP contribution in [-0.4, -0.2) is 72.2 Å². The van der Waals surface area contributed by atoms with Gasteiger partial charge in [0.25, 0.3) is 5.91 Å². The van der Waals surface area contributed by atoms with Crippen LogP contribution in [0.25, 0.3) is 10.9 Å². The Kier molecular flexibility index (Phi) is 8.76. The lowest BCUT2D eigenvalue weighted by Crippen LogP contribution is -2.35. The lowest BCUT2D eigenvalue weighted by atomic mass is 9.75. The van der Waals surface area contributed by atoms with Crippen LogP contribution in [0.3, 0.4) is 0 Å². The van der Waals surface area contributed by atoms with Gasteiger partial charge in [0.2, 0.25) is 10.0 Å². The van der Waals surface area contributed by atoms with Gasteiger partial charge in [0.1, 0.15) is 0 Å². The fourth-order valence-electron chi connectivity index (χ4n) is 5.89. The van der Waals surface area contributed by atoms with Crippen LogP contribution in [0.1, 0.15) is 74.5 Å². The van der Waals surface area contributed by atoms with E-state index in [1.54, 1.807) is 26.0 Å². The van der Waals surface area contributed by atoms with Gasteiger partial charge in [-0.15, -0.1) is 0 Å². The van der Waals surface area contributed by atoms with Gasteiger partial charge >= 0.3 is 0 Å². The minimum absolute atomic E-state index is 0.00471. The first-order valence-corrected chi connectivity index (χ1v) is 15.2. The Morgan fingerprint density at radius 3 is 2.54 bits per heavy atom. The van der Waals surface area contributed by atoms with E-state index in [9.17, 15) is 23.1 Å². The van der Waals surface area contributed by atoms with E-state index in [1.807, 2.05) is 13.0 Å². The van der Waals surface area contributed by atoms with Gasteiger partial charge in [-0.3, -0.25) is 9.59 Å². The molecule has 1 fully saturated rings. The van der Waals surface area contributed by atoms with Gasteiger partial charge in [0.05, 0.1) is 23.9 Å². The molecular formula is C28H40N2O6S. The van der Waals surface area contributed by atoms with E-state index in [2.05, 4.69) is 0 Å². The monoisotopic (exact) mass is 532 g/mol. The molecule has 37 heavy (non-hydrogen) atoms. The number of hydrogen-bond donors (Lipinski definition) is 1. The van der Waals surface area contributed by atoms with Crippen molar-refractivity contribution >= 4 is 32.6 Å². The number of ketones is 1. The maximum atomic E-state index is 13.4. The molecule has 4 rings (SSSR count). The molecule has 0 radical (unpaired) electrons. The van der Waals surface area contributed by atoms with Crippen molar-refractivity contribution in [1.82, 2.24) is 8.87 Å². The molecule has 2 aliphatic rings. The van der Waals surface area contributed by atoms with Crippen LogP contribution in [0.15, 0.2) is 18.2 Å². The zero-order valence-corrected chi connectivity index (χ0v) is 23.1. The summed E-state index contributed by atoms with van der Waals surface area (Å²) < 4.78 is 33.4. The van der Waals surface area contributed by atoms with Crippen LogP contribution in [0.2, 0.25) is 0 Å². The first kappa shape index (κ1) is 27.8. The summed E-state index contributed by atoms with van der Waals surface area (Å²) in [4.78, 5) is 27.3. The normalized spacial score (nSPS) is 19.5. The van der Waals surface area contributed by atoms with Crippen LogP contribution < -0.4 is 0 Å². The molecule has 2 aromatic rings. The Morgan fingerprint density at radius 1 is 1.16 bits per heavy atom. The number of carbonyl (C=O) groups excluding carboxylic acids is 2. The Balaban J connectivity index is 1.69. The second kappa shape index (κ2) is 11.7. The number of rotatable bonds is 10. The Morgan fingerprint density at radius 2 is 1.89 bits per heavy atom. The number of aliphatic hydroxyl groups is 1. The maximum Gasteiger partial charge on any atom is 0.254 e. The van der Waals surface area contributed by atoms with Gasteiger partial charge in [-0.05, 0) is 94.9 Å². The Labute approximate surface area is 220 Å². The lowest BCUT2D eigenvalue weighted by molar-refractivity contribution is -0.120. The summed E-state index contributed by atoms with van der Waals surface area (Å²) in [6, 6.07) is 5.25. The number of aliphatic hydroxyl groups excluding tert-OH is 1. The quantitative estimate of drug-likeness (QED) is 0.502. The van der Waals surface area contributed by atoms with E-state index in [0.29, 0.717) is 42.3 Å². The van der Waals surface area contributed by atoms with E-state index in [0.717, 1.165) is 55.5 Å². The number of benzene rings is 1. The highest BCUT2D eigenvalue weighted by Gasteiger charge is 2.34. The highest BCUT2D eigenvalue weighted by atomic mass is 32.2. The fourth-order valence-corrected chi connectivity index (χ4v) is 7.14. The fraction of sp³-hybridized carbons (Fsp3) is 0.643. The second-order valence-corrected chi connectivity index (χ2v) is 12.6. The molecule has 1 aromatic heterocycles. The standard InChI is InChI=1S/C28H40N2O6S/c1-4-29(18-23(32)9-6-19(3)31)28(33)22-8-11-27-25(17-22)24-16-21(20-12-14-36-15-13-20)7-10-26(24)30(27)37(34,35)5-2/h8,11,17,19-21,31H,4-7,9-10,12-16,18H2,1-3H3. The average Bonchev–Trinajstić information content (AvgIpc) is 3.24. The largest absolute Gasteiger partial charge is 0.393 e. The highest BCUT2D eigenvalue weighted by molar-refractivity contribution is 7.90. The number of ether oxygens (including phenoxy) is 1. The number of hydrogen-bond acceptors (Lipinski definition) is 6. The van der Waals surface area contributed by atoms with Crippen molar-refractivity contribution in [2.45, 2.75) is 71.8 Å². The molecule has 1 aromatic carbocycles. The van der Waals surface area contributed by atoms with E-state index >= 15 is 0 Å². The smallest absolute Gasteiger partial charge is 0.254 e. The molecule has 2 atom stereocenters. The van der Waals surface area contributed by atoms with Gasteiger partial charge < -0.3 is 14.7 Å². The molecule has 2 unspecified atom stereocenters. The third-order valence-electron chi connectivity index (χ3n) is 8.05. The minimum atomic E-state index is -3.51. The van der Waals surface area contributed by atoms with E-state index in [1.165, 1.54) is 8.87 Å². The molecule has 0 bridgehead atoms. The zero-order chi connectivity index (χ0) is 26.7. The zero-order valence-electron chi connectivity index (χ0n) is 22.2. The highest BCUT2D eigenvalue weighted by Crippen LogP contribution is 2.40. The Bertz CT molecular complexity index is 1240. The first-order valence-electron chi connectivity index (χ1n) is 13.6. The molecule has 1 aliphatic carbocycles. The van der Waals surface area contributed by atoms with Crippen LogP contribution in [0.4, 0.5) is 0 Å². The number of amides is 1. The number of carbonyl (C=O) groups is 2. The number of Topliss-reactive ketones (excluding diaryl/α,β-unsaturated/α-hetero) is 1. The summed E-state index contributed by atoms with van der Waals surface area (Å²) in [5.41, 5.74) is 2.98. The first-order chi connectivity index (χ1) is 17.7. The third-order valence-corrected chi connectivity index (χ3v) is 9.75. The summed E-state index contributed by atoms with van der Waals surface area (Å²) in [6.07, 6.45) is 4.56. The molecule has 1 saturated heterocycles. The average molecular weight is 533 g/mol. The van der Waals surface area contributed by atoms with Gasteiger partial charge in [0.15, 0.2) is 5.78 Å². The SMILES string of the molecule is CCN(CC(=O)CCC(C)O)C(=O)c1ccc2c(c1)c1c(n2S(=O)(=O)CC)CCC(C2CCOCC2)C1. The summed E-state index contributed by atoms with van der Waals surface area (Å²) >= 11 is 0. The topological polar surface area (TPSA) is 106 Å². The molecule has 1 N–H and O–H groups in total. The van der Waals surface area contributed by atoms with Crippen molar-refractivity contribution in [2.24, 2.45) is 11.8 Å². The maximum absolute atomic E-state index is 13.4. The molecule has 0 saturated carbocycles. The van der Waals surface area contributed by atoms with Crippen molar-refractivity contribution in [3.05, 3.63) is 35.0 Å². The molecule has 0 spiro atoms. The summed E-state index contributed by atoms with van der Waals surface area (Å²) in [5, 5.41) is 10.3. The van der Waals surface area contributed by atoms with E-state index in [-0.39, 0.29) is 30.4 Å². The third kappa shape index (κ3) is 5.94. The van der Waals surface area contributed by atoms with E-state index < -0.39 is 16.1 Å². The van der Waals surface area contributed by atoms with Crippen molar-refractivity contribution in [3.63, 3.8) is 0 Å². The van der Waals surface area contributed by atoms with Gasteiger partial charge in [0, 0.05) is 42.8 Å². The predicted molar refractivity (Wildman–Crippen MR) is 143 cm³/mol. The summed E-state index contributed by atoms with van der Waals surface area (Å²) in [5.74, 6) is 0.709. The number of nitrogens with zero attached hydrogens (tertiary/aromatic N) is 2. The lowest BCUT2D eigenvalue weighted by Gasteiger charge is -2.33. The molecular weight excluding hydrogens is 492 g/mol. The second-order valence-electron chi connectivity index (χ2n) is 10.5. The number of aromatic nitrogens is 1. The number of fused-ring (bicyclic) bond motifs is 3. The molecule has 8 nitrogen and oxygen atoms in total. The molecule has 204 valence electrons. The van der Waals surface area contributed by atoms with Crippen LogP contribution in [0, 0.1) is 11.8 Å². The molecule has 1 aliphatic heterocycles. The predicted octanol–water partition coefficient (Wildman–Crippen LogP) is 3.56. The van der Waals surface area contributed by atoms with Crippen LogP contribution in [-0.2, 0) is 32.4 Å². The molecule has 2 heterocycles. The van der Waals surface area contributed by atoms with Crippen molar-refractivity contribution in [1.29, 1.82) is 0 Å². The van der Waals surface area contributed by atoms with Gasteiger partial charge in [-0.1, -0.05) is 0 Å². The van der Waals surface area contributed by atoms with Crippen molar-refractivity contribution in [3.8, 4) is 0 Å². The summed E-state index contributed by atoms with van der Waals surface area (Å²) in [7, 11) is -3.51. The molecule has 1 amide bonds. The van der Waals surface area contributed by atoms with E-state index in [4.69, 9.17) is 4.74 Å². The van der Waals surface area contributed by atoms with Gasteiger partial charge in [-0.25, -0.2) is 12.4 Å². The minimum Gasteiger partial charge on any atom is -0.393 e. The van der Waals surface area contributed by atoms with Crippen LogP contribution >= 0.6 is 0 Å².